The maximum absolute atomic E-state index is 10.9. The zero-order valence-electron chi connectivity index (χ0n) is 7.83. The van der Waals surface area contributed by atoms with Gasteiger partial charge in [0.25, 0.3) is 0 Å². The molecule has 2 rings (SSSR count). The highest BCUT2D eigenvalue weighted by molar-refractivity contribution is 5.76. The summed E-state index contributed by atoms with van der Waals surface area (Å²) in [6, 6.07) is 0. The highest BCUT2D eigenvalue weighted by Gasteiger charge is 2.37. The molecule has 2 N–H and O–H groups in total. The van der Waals surface area contributed by atoms with E-state index in [-0.39, 0.29) is 17.4 Å². The van der Waals surface area contributed by atoms with Crippen molar-refractivity contribution < 1.29 is 4.79 Å². The van der Waals surface area contributed by atoms with Crippen molar-refractivity contribution in [3.63, 3.8) is 0 Å². The van der Waals surface area contributed by atoms with Gasteiger partial charge >= 0.3 is 0 Å². The van der Waals surface area contributed by atoms with E-state index in [9.17, 15) is 4.79 Å². The first-order valence-electron chi connectivity index (χ1n) is 5.05. The smallest absolute Gasteiger partial charge is 0.220 e. The number of nitrogens with zero attached hydrogens (tertiary/aromatic N) is 1. The van der Waals surface area contributed by atoms with Gasteiger partial charge in [0.15, 0.2) is 0 Å². The van der Waals surface area contributed by atoms with E-state index in [4.69, 9.17) is 5.73 Å². The van der Waals surface area contributed by atoms with Gasteiger partial charge in [-0.3, -0.25) is 9.79 Å². The highest BCUT2D eigenvalue weighted by Crippen LogP contribution is 2.40. The van der Waals surface area contributed by atoms with Gasteiger partial charge in [-0.05, 0) is 44.7 Å². The van der Waals surface area contributed by atoms with Crippen LogP contribution in [0.5, 0.6) is 0 Å². The molecule has 0 atom stereocenters. The largest absolute Gasteiger partial charge is 0.369 e. The van der Waals surface area contributed by atoms with Crippen LogP contribution < -0.4 is 5.73 Å². The number of carbonyl (C=O) groups is 1. The van der Waals surface area contributed by atoms with E-state index in [2.05, 4.69) is 4.99 Å². The van der Waals surface area contributed by atoms with Crippen molar-refractivity contribution in [2.45, 2.75) is 44.1 Å². The molecule has 0 unspecified atom stereocenters. The molecule has 0 radical (unpaired) electrons. The molecule has 0 aromatic carbocycles. The van der Waals surface area contributed by atoms with Crippen molar-refractivity contribution in [2.75, 3.05) is 0 Å². The average Bonchev–Trinajstić information content (AvgIpc) is 2.54. The Morgan fingerprint density at radius 1 is 1.38 bits per heavy atom. The SMILES string of the molecule is NC(=O)C1CCC2(CCC=N2)CC1. The Labute approximate surface area is 78.4 Å². The predicted octanol–water partition coefficient (Wildman–Crippen LogP) is 1.27. The van der Waals surface area contributed by atoms with Gasteiger partial charge in [0.2, 0.25) is 5.91 Å². The quantitative estimate of drug-likeness (QED) is 0.649. The second-order valence-corrected chi connectivity index (χ2v) is 4.25. The fourth-order valence-corrected chi connectivity index (χ4v) is 2.47. The van der Waals surface area contributed by atoms with Crippen LogP contribution >= 0.6 is 0 Å². The molecular weight excluding hydrogens is 164 g/mol. The van der Waals surface area contributed by atoms with Crippen molar-refractivity contribution in [1.82, 2.24) is 0 Å². The van der Waals surface area contributed by atoms with Gasteiger partial charge < -0.3 is 5.73 Å². The average molecular weight is 180 g/mol. The van der Waals surface area contributed by atoms with Crippen molar-refractivity contribution in [2.24, 2.45) is 16.6 Å². The van der Waals surface area contributed by atoms with Gasteiger partial charge in [-0.15, -0.1) is 0 Å². The van der Waals surface area contributed by atoms with Crippen LogP contribution in [0.15, 0.2) is 4.99 Å². The lowest BCUT2D eigenvalue weighted by Crippen LogP contribution is -2.35. The molecule has 1 aliphatic carbocycles. The molecule has 1 amide bonds. The number of rotatable bonds is 1. The predicted molar refractivity (Wildman–Crippen MR) is 51.6 cm³/mol. The molecule has 72 valence electrons. The summed E-state index contributed by atoms with van der Waals surface area (Å²) in [7, 11) is 0. The number of carbonyl (C=O) groups excluding carboxylic acids is 1. The number of nitrogens with two attached hydrogens (primary N) is 1. The molecule has 1 fully saturated rings. The van der Waals surface area contributed by atoms with Crippen LogP contribution in [0.3, 0.4) is 0 Å². The van der Waals surface area contributed by atoms with E-state index in [1.807, 2.05) is 6.21 Å². The van der Waals surface area contributed by atoms with E-state index in [1.54, 1.807) is 0 Å². The number of primary amides is 1. The minimum atomic E-state index is -0.128. The lowest BCUT2D eigenvalue weighted by molar-refractivity contribution is -0.123. The topological polar surface area (TPSA) is 55.5 Å². The maximum atomic E-state index is 10.9. The third-order valence-corrected chi connectivity index (χ3v) is 3.42. The van der Waals surface area contributed by atoms with E-state index in [0.29, 0.717) is 0 Å². The second kappa shape index (κ2) is 3.13. The molecule has 2 aliphatic rings. The Hall–Kier alpha value is -0.860. The van der Waals surface area contributed by atoms with Gasteiger partial charge in [0.05, 0.1) is 5.54 Å². The summed E-state index contributed by atoms with van der Waals surface area (Å²) in [5.74, 6) is -0.0155. The Kier molecular flexibility index (Phi) is 2.10. The first-order chi connectivity index (χ1) is 6.22. The van der Waals surface area contributed by atoms with Crippen molar-refractivity contribution in [3.8, 4) is 0 Å². The van der Waals surface area contributed by atoms with Crippen LogP contribution in [0.25, 0.3) is 0 Å². The number of amides is 1. The molecule has 3 heteroatoms. The monoisotopic (exact) mass is 180 g/mol. The summed E-state index contributed by atoms with van der Waals surface area (Å²) >= 11 is 0. The normalized spacial score (nSPS) is 38.3. The van der Waals surface area contributed by atoms with Crippen molar-refractivity contribution in [1.29, 1.82) is 0 Å². The fourth-order valence-electron chi connectivity index (χ4n) is 2.47. The van der Waals surface area contributed by atoms with E-state index in [0.717, 1.165) is 32.1 Å². The zero-order valence-corrected chi connectivity index (χ0v) is 7.83. The third kappa shape index (κ3) is 1.60. The molecule has 0 bridgehead atoms. The first-order valence-corrected chi connectivity index (χ1v) is 5.05. The first kappa shape index (κ1) is 8.73. The van der Waals surface area contributed by atoms with Crippen molar-refractivity contribution in [3.05, 3.63) is 0 Å². The van der Waals surface area contributed by atoms with Gasteiger partial charge in [0.1, 0.15) is 0 Å². The Morgan fingerprint density at radius 2 is 2.08 bits per heavy atom. The minimum absolute atomic E-state index is 0.112. The Bertz CT molecular complexity index is 239. The van der Waals surface area contributed by atoms with Gasteiger partial charge in [0, 0.05) is 5.92 Å². The lowest BCUT2D eigenvalue weighted by atomic mass is 9.75. The molecule has 0 aromatic heterocycles. The number of aliphatic imine (C=N–C) groups is 1. The summed E-state index contributed by atoms with van der Waals surface area (Å²) in [6.45, 7) is 0. The molecule has 3 nitrogen and oxygen atoms in total. The van der Waals surface area contributed by atoms with Crippen molar-refractivity contribution >= 4 is 12.1 Å². The van der Waals surface area contributed by atoms with Gasteiger partial charge in [-0.25, -0.2) is 0 Å². The Balaban J connectivity index is 1.96. The van der Waals surface area contributed by atoms with E-state index >= 15 is 0 Å². The van der Waals surface area contributed by atoms with E-state index in [1.165, 1.54) is 6.42 Å². The molecule has 13 heavy (non-hydrogen) atoms. The van der Waals surface area contributed by atoms with E-state index < -0.39 is 0 Å². The van der Waals surface area contributed by atoms with Crippen LogP contribution in [0, 0.1) is 5.92 Å². The highest BCUT2D eigenvalue weighted by atomic mass is 16.1. The van der Waals surface area contributed by atoms with Crippen LogP contribution in [-0.4, -0.2) is 17.7 Å². The summed E-state index contributed by atoms with van der Waals surface area (Å²) in [5.41, 5.74) is 5.48. The number of hydrogen-bond acceptors (Lipinski definition) is 2. The van der Waals surface area contributed by atoms with Crippen LogP contribution in [0.1, 0.15) is 38.5 Å². The summed E-state index contributed by atoms with van der Waals surface area (Å²) < 4.78 is 0. The molecule has 1 saturated carbocycles. The third-order valence-electron chi connectivity index (χ3n) is 3.42. The lowest BCUT2D eigenvalue weighted by Gasteiger charge is -2.33. The standard InChI is InChI=1S/C10H16N2O/c11-9(13)8-2-5-10(6-3-8)4-1-7-12-10/h7-8H,1-6H2,(H2,11,13). The molecular formula is C10H16N2O. The summed E-state index contributed by atoms with van der Waals surface area (Å²) in [4.78, 5) is 15.5. The molecule has 1 spiro atoms. The summed E-state index contributed by atoms with van der Waals surface area (Å²) in [5, 5.41) is 0. The fraction of sp³-hybridized carbons (Fsp3) is 0.800. The molecule has 0 saturated heterocycles. The van der Waals surface area contributed by atoms with Crippen LogP contribution in [0.2, 0.25) is 0 Å². The van der Waals surface area contributed by atoms with Gasteiger partial charge in [-0.1, -0.05) is 0 Å². The molecule has 0 aromatic rings. The minimum Gasteiger partial charge on any atom is -0.369 e. The zero-order chi connectivity index (χ0) is 9.31. The second-order valence-electron chi connectivity index (χ2n) is 4.25. The Morgan fingerprint density at radius 3 is 2.54 bits per heavy atom. The van der Waals surface area contributed by atoms with Crippen LogP contribution in [-0.2, 0) is 4.79 Å². The van der Waals surface area contributed by atoms with Crippen LogP contribution in [0.4, 0.5) is 0 Å². The number of hydrogen-bond donors (Lipinski definition) is 1. The summed E-state index contributed by atoms with van der Waals surface area (Å²) in [6.07, 6.45) is 8.30. The maximum Gasteiger partial charge on any atom is 0.220 e. The van der Waals surface area contributed by atoms with Gasteiger partial charge in [-0.2, -0.15) is 0 Å². The molecule has 1 aliphatic heterocycles. The molecule has 1 heterocycles.